The van der Waals surface area contributed by atoms with Gasteiger partial charge >= 0.3 is 0 Å². The Labute approximate surface area is 163 Å². The molecule has 2 saturated heterocycles. The number of rotatable bonds is 6. The highest BCUT2D eigenvalue weighted by Crippen LogP contribution is 2.37. The molecule has 148 valence electrons. The van der Waals surface area contributed by atoms with E-state index in [0.29, 0.717) is 50.5 Å². The number of amides is 3. The zero-order chi connectivity index (χ0) is 19.7. The maximum absolute atomic E-state index is 12.6. The minimum absolute atomic E-state index is 0.0750. The minimum Gasteiger partial charge on any atom is -0.491 e. The second kappa shape index (κ2) is 7.75. The lowest BCUT2D eigenvalue weighted by Crippen LogP contribution is -2.62. The number of likely N-dealkylation sites (tertiary alicyclic amines) is 2. The van der Waals surface area contributed by atoms with Gasteiger partial charge in [-0.3, -0.25) is 19.3 Å². The summed E-state index contributed by atoms with van der Waals surface area (Å²) in [6, 6.07) is 6.76. The lowest BCUT2D eigenvalue weighted by Gasteiger charge is -2.43. The third-order valence-electron chi connectivity index (χ3n) is 5.71. The van der Waals surface area contributed by atoms with Crippen LogP contribution in [0.1, 0.15) is 23.2 Å². The second-order valence-corrected chi connectivity index (χ2v) is 7.43. The summed E-state index contributed by atoms with van der Waals surface area (Å²) < 4.78 is 10.4. The molecule has 2 atom stereocenters. The molecule has 1 aliphatic carbocycles. The van der Waals surface area contributed by atoms with E-state index in [1.54, 1.807) is 36.3 Å². The fourth-order valence-corrected chi connectivity index (χ4v) is 4.09. The Kier molecular flexibility index (Phi) is 5.17. The van der Waals surface area contributed by atoms with Gasteiger partial charge in [0.2, 0.25) is 11.8 Å². The molecule has 4 rings (SSSR count). The maximum Gasteiger partial charge on any atom is 0.254 e. The highest BCUT2D eigenvalue weighted by atomic mass is 16.5. The molecule has 3 amide bonds. The second-order valence-electron chi connectivity index (χ2n) is 7.43. The summed E-state index contributed by atoms with van der Waals surface area (Å²) in [6.07, 6.45) is 5.24. The number of fused-ring (bicyclic) bond motifs is 1. The molecule has 7 heteroatoms. The molecule has 0 bridgehead atoms. The molecule has 28 heavy (non-hydrogen) atoms. The van der Waals surface area contributed by atoms with Gasteiger partial charge in [0.1, 0.15) is 12.4 Å². The Morgan fingerprint density at radius 3 is 2.18 bits per heavy atom. The van der Waals surface area contributed by atoms with Crippen LogP contribution in [0.15, 0.2) is 36.4 Å². The topological polar surface area (TPSA) is 76.2 Å². The van der Waals surface area contributed by atoms with Crippen LogP contribution in [0.2, 0.25) is 0 Å². The highest BCUT2D eigenvalue weighted by molar-refractivity contribution is 6.06. The Hall–Kier alpha value is -2.67. The third-order valence-corrected chi connectivity index (χ3v) is 5.71. The van der Waals surface area contributed by atoms with E-state index in [-0.39, 0.29) is 35.6 Å². The number of allylic oxidation sites excluding steroid dienone is 2. The maximum atomic E-state index is 12.6. The number of imide groups is 1. The summed E-state index contributed by atoms with van der Waals surface area (Å²) in [5, 5.41) is 0. The fraction of sp³-hybridized carbons (Fsp3) is 0.476. The number of benzene rings is 1. The van der Waals surface area contributed by atoms with Gasteiger partial charge in [-0.05, 0) is 37.1 Å². The Morgan fingerprint density at radius 2 is 1.61 bits per heavy atom. The number of hydrogen-bond acceptors (Lipinski definition) is 5. The Balaban J connectivity index is 1.33. The zero-order valence-electron chi connectivity index (χ0n) is 15.9. The summed E-state index contributed by atoms with van der Waals surface area (Å²) in [7, 11) is 1.61. The summed E-state index contributed by atoms with van der Waals surface area (Å²) >= 11 is 0. The summed E-state index contributed by atoms with van der Waals surface area (Å²) in [4.78, 5) is 41.0. The number of ether oxygens (including phenoxy) is 2. The molecular formula is C21H24N2O5. The van der Waals surface area contributed by atoms with Crippen LogP contribution in [0.4, 0.5) is 0 Å². The zero-order valence-corrected chi connectivity index (χ0v) is 15.9. The molecule has 0 N–H and O–H groups in total. The fourth-order valence-electron chi connectivity index (χ4n) is 4.09. The van der Waals surface area contributed by atoms with Crippen LogP contribution < -0.4 is 4.74 Å². The van der Waals surface area contributed by atoms with Gasteiger partial charge in [0, 0.05) is 25.8 Å². The summed E-state index contributed by atoms with van der Waals surface area (Å²) in [5.74, 6) is 0.00116. The van der Waals surface area contributed by atoms with Crippen LogP contribution in [0.5, 0.6) is 5.75 Å². The van der Waals surface area contributed by atoms with Gasteiger partial charge in [0.05, 0.1) is 24.5 Å². The SMILES string of the molecule is COCCOc1ccc(C(=O)N2CC(N3C(=O)C4CC=CCC4C3=O)C2)cc1. The minimum atomic E-state index is -0.215. The molecule has 2 aliphatic heterocycles. The van der Waals surface area contributed by atoms with Crippen molar-refractivity contribution in [2.75, 3.05) is 33.4 Å². The summed E-state index contributed by atoms with van der Waals surface area (Å²) in [5.41, 5.74) is 0.564. The van der Waals surface area contributed by atoms with Crippen LogP contribution in [-0.4, -0.2) is 67.0 Å². The first kappa shape index (κ1) is 18.7. The normalized spacial score (nSPS) is 24.3. The lowest BCUT2D eigenvalue weighted by atomic mass is 9.85. The number of carbonyl (C=O) groups is 3. The largest absolute Gasteiger partial charge is 0.491 e. The quantitative estimate of drug-likeness (QED) is 0.422. The highest BCUT2D eigenvalue weighted by Gasteiger charge is 2.52. The van der Waals surface area contributed by atoms with E-state index < -0.39 is 0 Å². The van der Waals surface area contributed by atoms with E-state index in [9.17, 15) is 14.4 Å². The molecule has 2 heterocycles. The first-order chi connectivity index (χ1) is 13.6. The van der Waals surface area contributed by atoms with Crippen molar-refractivity contribution in [3.05, 3.63) is 42.0 Å². The molecule has 0 saturated carbocycles. The van der Waals surface area contributed by atoms with Crippen molar-refractivity contribution in [2.24, 2.45) is 11.8 Å². The Morgan fingerprint density at radius 1 is 1.00 bits per heavy atom. The van der Waals surface area contributed by atoms with Gasteiger partial charge in [0.25, 0.3) is 5.91 Å². The molecular weight excluding hydrogens is 360 g/mol. The number of methoxy groups -OCH3 is 1. The van der Waals surface area contributed by atoms with Gasteiger partial charge in [-0.2, -0.15) is 0 Å². The van der Waals surface area contributed by atoms with Crippen molar-refractivity contribution >= 4 is 17.7 Å². The molecule has 2 unspecified atom stereocenters. The molecule has 1 aromatic carbocycles. The average Bonchev–Trinajstić information content (AvgIpc) is 2.93. The first-order valence-electron chi connectivity index (χ1n) is 9.63. The number of nitrogens with zero attached hydrogens (tertiary/aromatic N) is 2. The van der Waals surface area contributed by atoms with Crippen molar-refractivity contribution in [1.82, 2.24) is 9.80 Å². The molecule has 2 fully saturated rings. The van der Waals surface area contributed by atoms with Gasteiger partial charge in [-0.1, -0.05) is 12.2 Å². The van der Waals surface area contributed by atoms with Crippen LogP contribution in [-0.2, 0) is 14.3 Å². The average molecular weight is 384 g/mol. The van der Waals surface area contributed by atoms with Crippen molar-refractivity contribution in [3.8, 4) is 5.75 Å². The van der Waals surface area contributed by atoms with E-state index in [4.69, 9.17) is 9.47 Å². The standard InChI is InChI=1S/C21H24N2O5/c1-27-10-11-28-16-8-6-14(7-9-16)19(24)22-12-15(13-22)23-20(25)17-4-2-3-5-18(17)21(23)26/h2-3,6-9,15,17-18H,4-5,10-13H2,1H3. The molecule has 3 aliphatic rings. The van der Waals surface area contributed by atoms with Crippen LogP contribution >= 0.6 is 0 Å². The van der Waals surface area contributed by atoms with Crippen LogP contribution in [0.3, 0.4) is 0 Å². The van der Waals surface area contributed by atoms with E-state index >= 15 is 0 Å². The first-order valence-corrected chi connectivity index (χ1v) is 9.63. The third kappa shape index (κ3) is 3.30. The van der Waals surface area contributed by atoms with Crippen LogP contribution in [0.25, 0.3) is 0 Å². The number of carbonyl (C=O) groups excluding carboxylic acids is 3. The van der Waals surface area contributed by atoms with E-state index in [1.165, 1.54) is 4.90 Å². The molecule has 0 radical (unpaired) electrons. The van der Waals surface area contributed by atoms with Crippen molar-refractivity contribution < 1.29 is 23.9 Å². The van der Waals surface area contributed by atoms with Gasteiger partial charge in [0.15, 0.2) is 0 Å². The van der Waals surface area contributed by atoms with Crippen molar-refractivity contribution in [1.29, 1.82) is 0 Å². The molecule has 1 aromatic rings. The van der Waals surface area contributed by atoms with Gasteiger partial charge in [-0.25, -0.2) is 0 Å². The van der Waals surface area contributed by atoms with Gasteiger partial charge in [-0.15, -0.1) is 0 Å². The number of hydrogen-bond donors (Lipinski definition) is 0. The van der Waals surface area contributed by atoms with Gasteiger partial charge < -0.3 is 14.4 Å². The molecule has 0 spiro atoms. The Bertz CT molecular complexity index is 772. The monoisotopic (exact) mass is 384 g/mol. The van der Waals surface area contributed by atoms with E-state index in [2.05, 4.69) is 0 Å². The van der Waals surface area contributed by atoms with E-state index in [1.807, 2.05) is 12.2 Å². The molecule has 7 nitrogen and oxygen atoms in total. The van der Waals surface area contributed by atoms with Crippen molar-refractivity contribution in [2.45, 2.75) is 18.9 Å². The van der Waals surface area contributed by atoms with Crippen LogP contribution in [0, 0.1) is 11.8 Å². The lowest BCUT2D eigenvalue weighted by molar-refractivity contribution is -0.145. The molecule has 0 aromatic heterocycles. The predicted octanol–water partition coefficient (Wildman–Crippen LogP) is 1.49. The van der Waals surface area contributed by atoms with E-state index in [0.717, 1.165) is 0 Å². The summed E-state index contributed by atoms with van der Waals surface area (Å²) in [6.45, 7) is 1.75. The predicted molar refractivity (Wildman–Crippen MR) is 101 cm³/mol. The smallest absolute Gasteiger partial charge is 0.254 e. The van der Waals surface area contributed by atoms with Crippen molar-refractivity contribution in [3.63, 3.8) is 0 Å².